The Morgan fingerprint density at radius 2 is 1.95 bits per heavy atom. The van der Waals surface area contributed by atoms with Gasteiger partial charge in [-0.25, -0.2) is 4.39 Å². The fraction of sp³-hybridized carbons (Fsp3) is 0.188. The Balaban J connectivity index is 1.84. The van der Waals surface area contributed by atoms with Gasteiger partial charge in [0.1, 0.15) is 5.82 Å². The van der Waals surface area contributed by atoms with E-state index in [0.29, 0.717) is 11.1 Å². The van der Waals surface area contributed by atoms with Crippen molar-refractivity contribution in [1.82, 2.24) is 5.32 Å². The van der Waals surface area contributed by atoms with Crippen molar-refractivity contribution in [3.63, 3.8) is 0 Å². The summed E-state index contributed by atoms with van der Waals surface area (Å²) in [6, 6.07) is 10.2. The Kier molecular flexibility index (Phi) is 3.68. The molecule has 0 bridgehead atoms. The molecular weight excluding hydrogens is 321 g/mol. The summed E-state index contributed by atoms with van der Waals surface area (Å²) in [5.41, 5.74) is 3.78. The minimum atomic E-state index is -0.325. The SMILES string of the molecule is O=C(Cc1cc(F)ccc1Br)c1ccc2c(c1)CNC2. The summed E-state index contributed by atoms with van der Waals surface area (Å²) in [7, 11) is 0. The number of rotatable bonds is 3. The van der Waals surface area contributed by atoms with Gasteiger partial charge in [-0.05, 0) is 41.0 Å². The van der Waals surface area contributed by atoms with E-state index >= 15 is 0 Å². The highest BCUT2D eigenvalue weighted by Gasteiger charge is 2.15. The Hall–Kier alpha value is -1.52. The van der Waals surface area contributed by atoms with E-state index in [-0.39, 0.29) is 18.0 Å². The number of Topliss-reactive ketones (excluding diaryl/α,β-unsaturated/α-hetero) is 1. The van der Waals surface area contributed by atoms with Crippen LogP contribution in [0.2, 0.25) is 0 Å². The maximum atomic E-state index is 13.2. The van der Waals surface area contributed by atoms with Crippen LogP contribution in [0.3, 0.4) is 0 Å². The molecule has 20 heavy (non-hydrogen) atoms. The van der Waals surface area contributed by atoms with E-state index in [2.05, 4.69) is 21.2 Å². The maximum Gasteiger partial charge on any atom is 0.167 e. The smallest absolute Gasteiger partial charge is 0.167 e. The second-order valence-corrected chi connectivity index (χ2v) is 5.78. The van der Waals surface area contributed by atoms with Crippen molar-refractivity contribution in [3.05, 3.63) is 68.9 Å². The van der Waals surface area contributed by atoms with Gasteiger partial charge in [0.2, 0.25) is 0 Å². The van der Waals surface area contributed by atoms with Gasteiger partial charge in [0.05, 0.1) is 0 Å². The second-order valence-electron chi connectivity index (χ2n) is 4.92. The summed E-state index contributed by atoms with van der Waals surface area (Å²) in [5, 5.41) is 3.25. The molecule has 1 aliphatic heterocycles. The van der Waals surface area contributed by atoms with E-state index in [1.165, 1.54) is 23.3 Å². The Labute approximate surface area is 125 Å². The lowest BCUT2D eigenvalue weighted by Gasteiger charge is -2.06. The third-order valence-corrected chi connectivity index (χ3v) is 4.29. The van der Waals surface area contributed by atoms with Gasteiger partial charge in [0.25, 0.3) is 0 Å². The van der Waals surface area contributed by atoms with E-state index in [1.807, 2.05) is 18.2 Å². The van der Waals surface area contributed by atoms with E-state index in [1.54, 1.807) is 6.07 Å². The van der Waals surface area contributed by atoms with Crippen LogP contribution in [0.15, 0.2) is 40.9 Å². The fourth-order valence-electron chi connectivity index (χ4n) is 2.42. The standard InChI is InChI=1S/C16H13BrFNO/c17-15-4-3-14(18)6-12(15)7-16(20)10-1-2-11-8-19-9-13(11)5-10/h1-6,19H,7-9H2. The average Bonchev–Trinajstić information content (AvgIpc) is 2.90. The van der Waals surface area contributed by atoms with Crippen LogP contribution in [0.5, 0.6) is 0 Å². The molecule has 0 amide bonds. The third-order valence-electron chi connectivity index (χ3n) is 3.52. The molecule has 0 fully saturated rings. The molecule has 2 aromatic rings. The lowest BCUT2D eigenvalue weighted by molar-refractivity contribution is 0.0992. The van der Waals surface area contributed by atoms with Crippen LogP contribution in [0, 0.1) is 5.82 Å². The van der Waals surface area contributed by atoms with Gasteiger partial charge in [-0.1, -0.05) is 28.1 Å². The van der Waals surface area contributed by atoms with Crippen molar-refractivity contribution in [2.24, 2.45) is 0 Å². The summed E-state index contributed by atoms with van der Waals surface area (Å²) in [6.45, 7) is 1.67. The summed E-state index contributed by atoms with van der Waals surface area (Å²) < 4.78 is 14.0. The van der Waals surface area contributed by atoms with Gasteiger partial charge < -0.3 is 5.32 Å². The zero-order chi connectivity index (χ0) is 14.1. The van der Waals surface area contributed by atoms with Crippen LogP contribution in [-0.2, 0) is 19.5 Å². The first-order valence-electron chi connectivity index (χ1n) is 6.43. The molecule has 1 heterocycles. The molecule has 0 saturated carbocycles. The first-order chi connectivity index (χ1) is 9.63. The molecule has 0 atom stereocenters. The Morgan fingerprint density at radius 3 is 2.80 bits per heavy atom. The predicted molar refractivity (Wildman–Crippen MR) is 79.1 cm³/mol. The zero-order valence-electron chi connectivity index (χ0n) is 10.7. The van der Waals surface area contributed by atoms with Crippen molar-refractivity contribution in [3.8, 4) is 0 Å². The number of fused-ring (bicyclic) bond motifs is 1. The number of carbonyl (C=O) groups excluding carboxylic acids is 1. The van der Waals surface area contributed by atoms with Crippen LogP contribution >= 0.6 is 15.9 Å². The van der Waals surface area contributed by atoms with Crippen LogP contribution < -0.4 is 5.32 Å². The van der Waals surface area contributed by atoms with Crippen LogP contribution in [-0.4, -0.2) is 5.78 Å². The van der Waals surface area contributed by atoms with E-state index in [0.717, 1.165) is 17.6 Å². The zero-order valence-corrected chi connectivity index (χ0v) is 12.3. The summed E-state index contributed by atoms with van der Waals surface area (Å²) in [4.78, 5) is 12.3. The number of hydrogen-bond donors (Lipinski definition) is 1. The highest BCUT2D eigenvalue weighted by atomic mass is 79.9. The molecule has 2 nitrogen and oxygen atoms in total. The minimum absolute atomic E-state index is 0.00556. The molecular formula is C16H13BrFNO. The highest BCUT2D eigenvalue weighted by molar-refractivity contribution is 9.10. The summed E-state index contributed by atoms with van der Waals surface area (Å²) in [5.74, 6) is -0.319. The molecule has 1 aliphatic rings. The van der Waals surface area contributed by atoms with Crippen molar-refractivity contribution >= 4 is 21.7 Å². The Bertz CT molecular complexity index is 684. The van der Waals surface area contributed by atoms with Crippen molar-refractivity contribution in [2.45, 2.75) is 19.5 Å². The molecule has 0 saturated heterocycles. The number of nitrogens with one attached hydrogen (secondary N) is 1. The van der Waals surface area contributed by atoms with Crippen molar-refractivity contribution < 1.29 is 9.18 Å². The molecule has 0 aromatic heterocycles. The molecule has 4 heteroatoms. The van der Waals surface area contributed by atoms with E-state index in [9.17, 15) is 9.18 Å². The first kappa shape index (κ1) is 13.5. The number of halogens is 2. The molecule has 0 unspecified atom stereocenters. The van der Waals surface area contributed by atoms with Crippen LogP contribution in [0.4, 0.5) is 4.39 Å². The van der Waals surface area contributed by atoms with Gasteiger partial charge in [-0.2, -0.15) is 0 Å². The predicted octanol–water partition coefficient (Wildman–Crippen LogP) is 3.62. The fourth-order valence-corrected chi connectivity index (χ4v) is 2.81. The molecule has 0 aliphatic carbocycles. The summed E-state index contributed by atoms with van der Waals surface area (Å²) in [6.07, 6.45) is 0.199. The molecule has 3 rings (SSSR count). The van der Waals surface area contributed by atoms with Crippen LogP contribution in [0.1, 0.15) is 27.0 Å². The number of carbonyl (C=O) groups is 1. The van der Waals surface area contributed by atoms with Gasteiger partial charge in [0.15, 0.2) is 5.78 Å². The number of ketones is 1. The van der Waals surface area contributed by atoms with Crippen LogP contribution in [0.25, 0.3) is 0 Å². The second kappa shape index (κ2) is 5.46. The van der Waals surface area contributed by atoms with Gasteiger partial charge in [-0.3, -0.25) is 4.79 Å². The molecule has 102 valence electrons. The number of hydrogen-bond acceptors (Lipinski definition) is 2. The first-order valence-corrected chi connectivity index (χ1v) is 7.22. The lowest BCUT2D eigenvalue weighted by atomic mass is 9.99. The largest absolute Gasteiger partial charge is 0.309 e. The van der Waals surface area contributed by atoms with Gasteiger partial charge in [-0.15, -0.1) is 0 Å². The third kappa shape index (κ3) is 2.67. The van der Waals surface area contributed by atoms with Crippen molar-refractivity contribution in [2.75, 3.05) is 0 Å². The van der Waals surface area contributed by atoms with Crippen molar-refractivity contribution in [1.29, 1.82) is 0 Å². The molecule has 2 aromatic carbocycles. The Morgan fingerprint density at radius 1 is 1.15 bits per heavy atom. The molecule has 1 N–H and O–H groups in total. The summed E-state index contributed by atoms with van der Waals surface area (Å²) >= 11 is 3.35. The molecule has 0 radical (unpaired) electrons. The number of benzene rings is 2. The average molecular weight is 334 g/mol. The van der Waals surface area contributed by atoms with E-state index < -0.39 is 0 Å². The monoisotopic (exact) mass is 333 g/mol. The van der Waals surface area contributed by atoms with Gasteiger partial charge in [0, 0.05) is 29.5 Å². The topological polar surface area (TPSA) is 29.1 Å². The molecule has 0 spiro atoms. The lowest BCUT2D eigenvalue weighted by Crippen LogP contribution is -2.05. The minimum Gasteiger partial charge on any atom is -0.309 e. The van der Waals surface area contributed by atoms with Gasteiger partial charge >= 0.3 is 0 Å². The highest BCUT2D eigenvalue weighted by Crippen LogP contribution is 2.22. The normalized spacial score (nSPS) is 13.3. The maximum absolute atomic E-state index is 13.2. The van der Waals surface area contributed by atoms with E-state index in [4.69, 9.17) is 0 Å². The quantitative estimate of drug-likeness (QED) is 0.869.